The van der Waals surface area contributed by atoms with Crippen molar-refractivity contribution in [3.63, 3.8) is 0 Å². The van der Waals surface area contributed by atoms with Crippen molar-refractivity contribution in [2.75, 3.05) is 11.9 Å². The molecule has 2 aromatic rings. The molecule has 0 spiro atoms. The first-order valence-corrected chi connectivity index (χ1v) is 11.0. The van der Waals surface area contributed by atoms with E-state index in [0.29, 0.717) is 33.6 Å². The van der Waals surface area contributed by atoms with Crippen molar-refractivity contribution in [2.45, 2.75) is 39.7 Å². The molecule has 2 amide bonds. The minimum absolute atomic E-state index is 0.0339. The summed E-state index contributed by atoms with van der Waals surface area (Å²) in [5, 5.41) is 8.62. The molecular formula is C22H26BrN3O3S. The highest BCUT2D eigenvalue weighted by atomic mass is 79.9. The molecule has 0 fully saturated rings. The van der Waals surface area contributed by atoms with Gasteiger partial charge in [0.2, 0.25) is 0 Å². The van der Waals surface area contributed by atoms with E-state index in [2.05, 4.69) is 38.8 Å². The van der Waals surface area contributed by atoms with Gasteiger partial charge in [0.25, 0.3) is 11.8 Å². The van der Waals surface area contributed by atoms with Crippen LogP contribution in [0.15, 0.2) is 46.9 Å². The third kappa shape index (κ3) is 7.42. The fourth-order valence-electron chi connectivity index (χ4n) is 2.51. The number of carbonyl (C=O) groups is 2. The Morgan fingerprint density at radius 3 is 2.33 bits per heavy atom. The maximum atomic E-state index is 12.4. The molecule has 0 atom stereocenters. The van der Waals surface area contributed by atoms with Gasteiger partial charge in [-0.25, -0.2) is 0 Å². The van der Waals surface area contributed by atoms with Crippen LogP contribution in [0.2, 0.25) is 0 Å². The molecule has 3 N–H and O–H groups in total. The van der Waals surface area contributed by atoms with Crippen LogP contribution in [0.1, 0.15) is 54.3 Å². The quantitative estimate of drug-likeness (QED) is 0.361. The molecule has 0 saturated heterocycles. The average Bonchev–Trinajstić information content (AvgIpc) is 2.69. The van der Waals surface area contributed by atoms with Crippen LogP contribution < -0.4 is 20.7 Å². The Hall–Kier alpha value is -2.45. The minimum atomic E-state index is -0.337. The molecule has 0 aliphatic rings. The second kappa shape index (κ2) is 11.7. The summed E-state index contributed by atoms with van der Waals surface area (Å²) < 4.78 is 6.34. The lowest BCUT2D eigenvalue weighted by Crippen LogP contribution is -2.34. The summed E-state index contributed by atoms with van der Waals surface area (Å²) in [5.41, 5.74) is 1.69. The van der Waals surface area contributed by atoms with Crippen LogP contribution >= 0.6 is 28.1 Å². The molecule has 0 bridgehead atoms. The maximum Gasteiger partial charge on any atom is 0.257 e. The summed E-state index contributed by atoms with van der Waals surface area (Å²) in [6.45, 7) is 6.60. The number of hydrogen-bond acceptors (Lipinski definition) is 4. The molecule has 30 heavy (non-hydrogen) atoms. The number of carbonyl (C=O) groups excluding carboxylic acids is 2. The molecule has 6 nitrogen and oxygen atoms in total. The predicted molar refractivity (Wildman–Crippen MR) is 127 cm³/mol. The van der Waals surface area contributed by atoms with Crippen molar-refractivity contribution in [1.29, 1.82) is 0 Å². The van der Waals surface area contributed by atoms with Crippen molar-refractivity contribution in [1.82, 2.24) is 10.6 Å². The molecule has 2 rings (SSSR count). The van der Waals surface area contributed by atoms with Gasteiger partial charge in [0.1, 0.15) is 5.75 Å². The standard InChI is InChI=1S/C22H26BrN3O3S/c1-4-5-12-24-20(27)15-6-9-17(10-7-15)25-22(30)26-21(28)16-8-11-19(18(23)13-16)29-14(2)3/h6-11,13-14H,4-5,12H2,1-3H3,(H,24,27)(H2,25,26,28,30). The molecule has 0 aliphatic heterocycles. The third-order valence-corrected chi connectivity index (χ3v) is 4.83. The highest BCUT2D eigenvalue weighted by Crippen LogP contribution is 2.27. The number of nitrogens with one attached hydrogen (secondary N) is 3. The van der Waals surface area contributed by atoms with E-state index < -0.39 is 0 Å². The zero-order valence-electron chi connectivity index (χ0n) is 17.3. The van der Waals surface area contributed by atoms with E-state index in [-0.39, 0.29) is 23.0 Å². The van der Waals surface area contributed by atoms with Crippen molar-refractivity contribution in [3.8, 4) is 5.75 Å². The van der Waals surface area contributed by atoms with E-state index in [0.717, 1.165) is 12.8 Å². The molecule has 0 aliphatic carbocycles. The smallest absolute Gasteiger partial charge is 0.257 e. The van der Waals surface area contributed by atoms with E-state index in [4.69, 9.17) is 17.0 Å². The molecule has 0 saturated carbocycles. The van der Waals surface area contributed by atoms with Gasteiger partial charge in [0, 0.05) is 23.4 Å². The van der Waals surface area contributed by atoms with Gasteiger partial charge in [0.15, 0.2) is 5.11 Å². The van der Waals surface area contributed by atoms with Crippen LogP contribution in [-0.4, -0.2) is 29.6 Å². The van der Waals surface area contributed by atoms with Crippen molar-refractivity contribution in [3.05, 3.63) is 58.1 Å². The zero-order valence-corrected chi connectivity index (χ0v) is 19.7. The fraction of sp³-hybridized carbons (Fsp3) is 0.318. The molecular weight excluding hydrogens is 466 g/mol. The summed E-state index contributed by atoms with van der Waals surface area (Å²) >= 11 is 8.64. The van der Waals surface area contributed by atoms with E-state index in [1.165, 1.54) is 0 Å². The normalized spacial score (nSPS) is 10.4. The molecule has 2 aromatic carbocycles. The van der Waals surface area contributed by atoms with Gasteiger partial charge < -0.3 is 15.4 Å². The molecule has 0 unspecified atom stereocenters. The minimum Gasteiger partial charge on any atom is -0.490 e. The lowest BCUT2D eigenvalue weighted by atomic mass is 10.2. The lowest BCUT2D eigenvalue weighted by molar-refractivity contribution is 0.0950. The number of benzene rings is 2. The summed E-state index contributed by atoms with van der Waals surface area (Å²) in [6.07, 6.45) is 2.01. The second-order valence-corrected chi connectivity index (χ2v) is 8.17. The van der Waals surface area contributed by atoms with Crippen molar-refractivity contribution in [2.24, 2.45) is 0 Å². The van der Waals surface area contributed by atoms with E-state index in [1.807, 2.05) is 13.8 Å². The van der Waals surface area contributed by atoms with Gasteiger partial charge in [-0.05, 0) is 90.9 Å². The average molecular weight is 492 g/mol. The highest BCUT2D eigenvalue weighted by Gasteiger charge is 2.12. The Balaban J connectivity index is 1.91. The summed E-state index contributed by atoms with van der Waals surface area (Å²) in [7, 11) is 0. The number of hydrogen-bond donors (Lipinski definition) is 3. The van der Waals surface area contributed by atoms with Gasteiger partial charge in [0.05, 0.1) is 10.6 Å². The van der Waals surface area contributed by atoms with Crippen LogP contribution in [0.3, 0.4) is 0 Å². The van der Waals surface area contributed by atoms with E-state index >= 15 is 0 Å². The molecule has 160 valence electrons. The summed E-state index contributed by atoms with van der Waals surface area (Å²) in [5.74, 6) is 0.221. The van der Waals surface area contributed by atoms with Gasteiger partial charge in [-0.15, -0.1) is 0 Å². The van der Waals surface area contributed by atoms with Crippen LogP contribution in [-0.2, 0) is 0 Å². The Morgan fingerprint density at radius 1 is 1.07 bits per heavy atom. The zero-order chi connectivity index (χ0) is 22.1. The number of unbranched alkanes of at least 4 members (excludes halogenated alkanes) is 1. The van der Waals surface area contributed by atoms with Gasteiger partial charge >= 0.3 is 0 Å². The van der Waals surface area contributed by atoms with Crippen LogP contribution in [0.25, 0.3) is 0 Å². The first-order chi connectivity index (χ1) is 14.3. The second-order valence-electron chi connectivity index (χ2n) is 6.91. The van der Waals surface area contributed by atoms with E-state index in [9.17, 15) is 9.59 Å². The maximum absolute atomic E-state index is 12.4. The van der Waals surface area contributed by atoms with Gasteiger partial charge in [-0.2, -0.15) is 0 Å². The van der Waals surface area contributed by atoms with E-state index in [1.54, 1.807) is 42.5 Å². The monoisotopic (exact) mass is 491 g/mol. The Morgan fingerprint density at radius 2 is 1.73 bits per heavy atom. The third-order valence-electron chi connectivity index (χ3n) is 4.00. The van der Waals surface area contributed by atoms with Crippen LogP contribution in [0, 0.1) is 0 Å². The van der Waals surface area contributed by atoms with Crippen molar-refractivity contribution < 1.29 is 14.3 Å². The number of rotatable bonds is 8. The van der Waals surface area contributed by atoms with Gasteiger partial charge in [-0.1, -0.05) is 13.3 Å². The first kappa shape index (κ1) is 23.8. The number of anilines is 1. The number of halogens is 1. The summed E-state index contributed by atoms with van der Waals surface area (Å²) in [6, 6.07) is 12.0. The molecule has 0 aromatic heterocycles. The number of thiocarbonyl (C=S) groups is 1. The van der Waals surface area contributed by atoms with Crippen molar-refractivity contribution >= 4 is 50.8 Å². The van der Waals surface area contributed by atoms with Crippen LogP contribution in [0.4, 0.5) is 5.69 Å². The largest absolute Gasteiger partial charge is 0.490 e. The van der Waals surface area contributed by atoms with Gasteiger partial charge in [-0.3, -0.25) is 14.9 Å². The number of amides is 2. The Bertz CT molecular complexity index is 901. The highest BCUT2D eigenvalue weighted by molar-refractivity contribution is 9.10. The Kier molecular flexibility index (Phi) is 9.26. The van der Waals surface area contributed by atoms with Crippen LogP contribution in [0.5, 0.6) is 5.75 Å². The fourth-order valence-corrected chi connectivity index (χ4v) is 3.20. The topological polar surface area (TPSA) is 79.5 Å². The molecule has 0 radical (unpaired) electrons. The number of ether oxygens (including phenoxy) is 1. The first-order valence-electron chi connectivity index (χ1n) is 9.77. The predicted octanol–water partition coefficient (Wildman–Crippen LogP) is 4.89. The Labute approximate surface area is 190 Å². The SMILES string of the molecule is CCCCNC(=O)c1ccc(NC(=S)NC(=O)c2ccc(OC(C)C)c(Br)c2)cc1. The lowest BCUT2D eigenvalue weighted by Gasteiger charge is -2.13. The summed E-state index contributed by atoms with van der Waals surface area (Å²) in [4.78, 5) is 24.5. The molecule has 0 heterocycles. The molecule has 8 heteroatoms.